The minimum Gasteiger partial charge on any atom is -0.493 e. The molecule has 25 heteroatoms. The van der Waals surface area contributed by atoms with E-state index >= 15 is 0 Å². The van der Waals surface area contributed by atoms with Gasteiger partial charge in [0.2, 0.25) is 17.1 Å². The van der Waals surface area contributed by atoms with Crippen molar-refractivity contribution in [3.8, 4) is 5.88 Å². The SMILES string of the molecule is CCn1c(O)c(/N=N/c2cc(N/C(N)=N/C(Cl)=N\CNc3ccc(S(=O)(=O)CCOS(=O)(=O)O)cc3)ccc2S(=O)(=O)O)c(C)c(C(N)=O)c1=O. The van der Waals surface area contributed by atoms with Crippen LogP contribution in [0, 0.1) is 6.92 Å². The fraction of sp³-hybridized carbons (Fsp3) is 0.231. The second-order valence-electron chi connectivity index (χ2n) is 9.92. The number of nitrogens with one attached hydrogen (secondary N) is 2. The molecule has 2 aromatic carbocycles. The summed E-state index contributed by atoms with van der Waals surface area (Å²) in [7, 11) is -13.6. The van der Waals surface area contributed by atoms with Crippen LogP contribution < -0.4 is 27.7 Å². The molecule has 3 aromatic rings. The highest BCUT2D eigenvalue weighted by Gasteiger charge is 2.23. The molecule has 0 saturated carbocycles. The molecule has 276 valence electrons. The number of aromatic hydroxyl groups is 1. The van der Waals surface area contributed by atoms with E-state index in [-0.39, 0.29) is 46.3 Å². The first-order chi connectivity index (χ1) is 23.6. The molecule has 0 unspecified atom stereocenters. The number of aromatic nitrogens is 1. The standard InChI is InChI=1S/C26H30ClN9O12S3/c1-3-36-23(38)20(22(28)37)14(2)21(24(36)39)35-34-18-12-16(6-9-19(18)50(42,43)44)32-26(29)33-25(27)31-13-30-15-4-7-17(8-5-15)49(40,41)11-10-48-51(45,46)47/h4-9,12,30,39H,3,10-11,13H2,1-2H3,(H2,28,37)(H,42,43,44)(H,45,46,47)(H3,29,31,32,33)/b35-34+. The van der Waals surface area contributed by atoms with Gasteiger partial charge in [-0.25, -0.2) is 17.6 Å². The van der Waals surface area contributed by atoms with E-state index < -0.39 is 76.2 Å². The van der Waals surface area contributed by atoms with Crippen LogP contribution in [0.5, 0.6) is 5.88 Å². The van der Waals surface area contributed by atoms with E-state index in [0.29, 0.717) is 5.69 Å². The number of amidine groups is 1. The monoisotopic (exact) mass is 791 g/mol. The number of pyridine rings is 1. The van der Waals surface area contributed by atoms with Crippen LogP contribution >= 0.6 is 11.6 Å². The highest BCUT2D eigenvalue weighted by atomic mass is 35.5. The summed E-state index contributed by atoms with van der Waals surface area (Å²) in [6.07, 6.45) is 0. The van der Waals surface area contributed by atoms with Crippen molar-refractivity contribution >= 4 is 81.9 Å². The second kappa shape index (κ2) is 16.4. The summed E-state index contributed by atoms with van der Waals surface area (Å²) in [6, 6.07) is 8.50. The normalized spacial score (nSPS) is 13.0. The maximum absolute atomic E-state index is 12.6. The molecule has 1 aromatic heterocycles. The molecule has 0 atom stereocenters. The fourth-order valence-electron chi connectivity index (χ4n) is 4.16. The number of carbonyl (C=O) groups excluding carboxylic acids is 1. The van der Waals surface area contributed by atoms with Gasteiger partial charge >= 0.3 is 10.4 Å². The number of guanidine groups is 1. The molecule has 0 saturated heterocycles. The summed E-state index contributed by atoms with van der Waals surface area (Å²) in [5.74, 6) is -2.82. The number of hydrogen-bond acceptors (Lipinski definition) is 14. The van der Waals surface area contributed by atoms with Crippen LogP contribution in [-0.4, -0.2) is 80.2 Å². The number of benzene rings is 2. The lowest BCUT2D eigenvalue weighted by Gasteiger charge is -2.13. The Balaban J connectivity index is 1.77. The van der Waals surface area contributed by atoms with Gasteiger partial charge in [0.15, 0.2) is 9.84 Å². The van der Waals surface area contributed by atoms with E-state index in [9.17, 15) is 44.5 Å². The number of nitrogens with two attached hydrogens (primary N) is 2. The van der Waals surface area contributed by atoms with Crippen molar-refractivity contribution in [2.75, 3.05) is 29.7 Å². The van der Waals surface area contributed by atoms with Crippen molar-refractivity contribution in [1.29, 1.82) is 0 Å². The van der Waals surface area contributed by atoms with Crippen molar-refractivity contribution < 1.29 is 48.4 Å². The molecule has 21 nitrogen and oxygen atoms in total. The van der Waals surface area contributed by atoms with Gasteiger partial charge in [0, 0.05) is 23.5 Å². The van der Waals surface area contributed by atoms with E-state index in [2.05, 4.69) is 35.0 Å². The first-order valence-electron chi connectivity index (χ1n) is 13.9. The van der Waals surface area contributed by atoms with Gasteiger partial charge in [-0.1, -0.05) is 0 Å². The van der Waals surface area contributed by atoms with E-state index in [4.69, 9.17) is 27.6 Å². The Hall–Kier alpha value is -4.98. The van der Waals surface area contributed by atoms with Gasteiger partial charge in [0.1, 0.15) is 28.5 Å². The Morgan fingerprint density at radius 1 is 1.00 bits per heavy atom. The zero-order chi connectivity index (χ0) is 38.3. The molecule has 0 aliphatic heterocycles. The Morgan fingerprint density at radius 2 is 1.63 bits per heavy atom. The molecule has 51 heavy (non-hydrogen) atoms. The number of aliphatic imine (C=N–C) groups is 2. The van der Waals surface area contributed by atoms with Gasteiger partial charge in [0.05, 0.1) is 17.3 Å². The van der Waals surface area contributed by atoms with Crippen LogP contribution in [0.4, 0.5) is 22.7 Å². The number of nitrogens with zero attached hydrogens (tertiary/aromatic N) is 5. The van der Waals surface area contributed by atoms with Gasteiger partial charge in [-0.15, -0.1) is 10.2 Å². The third-order valence-electron chi connectivity index (χ3n) is 6.49. The van der Waals surface area contributed by atoms with Crippen LogP contribution in [0.1, 0.15) is 22.8 Å². The number of sulfone groups is 1. The van der Waals surface area contributed by atoms with Crippen molar-refractivity contribution in [2.24, 2.45) is 31.7 Å². The number of halogens is 1. The molecule has 1 heterocycles. The molecule has 0 fully saturated rings. The molecule has 0 spiro atoms. The van der Waals surface area contributed by atoms with E-state index in [1.54, 1.807) is 0 Å². The summed E-state index contributed by atoms with van der Waals surface area (Å²) in [6.45, 7) is 1.76. The zero-order valence-corrected chi connectivity index (χ0v) is 29.6. The van der Waals surface area contributed by atoms with Gasteiger partial charge in [-0.05, 0) is 67.9 Å². The van der Waals surface area contributed by atoms with Crippen molar-refractivity contribution in [1.82, 2.24) is 4.57 Å². The predicted molar refractivity (Wildman–Crippen MR) is 185 cm³/mol. The highest BCUT2D eigenvalue weighted by Crippen LogP contribution is 2.34. The number of rotatable bonds is 14. The number of anilines is 2. The van der Waals surface area contributed by atoms with Crippen LogP contribution in [0.2, 0.25) is 0 Å². The molecule has 0 aliphatic carbocycles. The lowest BCUT2D eigenvalue weighted by atomic mass is 10.1. The molecular formula is C26H30ClN9O12S3. The fourth-order valence-corrected chi connectivity index (χ4v) is 6.40. The maximum atomic E-state index is 12.6. The minimum absolute atomic E-state index is 0.0667. The smallest absolute Gasteiger partial charge is 0.397 e. The predicted octanol–water partition coefficient (Wildman–Crippen LogP) is 1.63. The maximum Gasteiger partial charge on any atom is 0.397 e. The Labute approximate surface area is 295 Å². The van der Waals surface area contributed by atoms with Crippen LogP contribution in [0.3, 0.4) is 0 Å². The number of hydrogen-bond donors (Lipinski definition) is 7. The Bertz CT molecular complexity index is 2310. The number of primary amides is 1. The third-order valence-corrected chi connectivity index (χ3v) is 9.75. The van der Waals surface area contributed by atoms with Crippen molar-refractivity contribution in [3.63, 3.8) is 0 Å². The summed E-state index contributed by atoms with van der Waals surface area (Å²) >= 11 is 6.03. The first-order valence-corrected chi connectivity index (χ1v) is 18.8. The van der Waals surface area contributed by atoms with Crippen LogP contribution in [-0.2, 0) is 41.1 Å². The lowest BCUT2D eigenvalue weighted by Crippen LogP contribution is -2.30. The number of carbonyl (C=O) groups is 1. The number of azo groups is 1. The third kappa shape index (κ3) is 11.0. The molecule has 0 radical (unpaired) electrons. The molecule has 0 bridgehead atoms. The molecule has 3 rings (SSSR count). The molecule has 9 N–H and O–H groups in total. The molecule has 0 aliphatic rings. The molecular weight excluding hydrogens is 762 g/mol. The average Bonchev–Trinajstić information content (AvgIpc) is 3.00. The van der Waals surface area contributed by atoms with E-state index in [1.807, 2.05) is 0 Å². The Morgan fingerprint density at radius 3 is 2.20 bits per heavy atom. The highest BCUT2D eigenvalue weighted by molar-refractivity contribution is 7.91. The van der Waals surface area contributed by atoms with Crippen LogP contribution in [0.15, 0.2) is 77.3 Å². The summed E-state index contributed by atoms with van der Waals surface area (Å²) in [5.41, 5.74) is 9.39. The second-order valence-corrected chi connectivity index (χ2v) is 14.8. The van der Waals surface area contributed by atoms with Crippen molar-refractivity contribution in [2.45, 2.75) is 30.2 Å². The van der Waals surface area contributed by atoms with Gasteiger partial charge in [-0.3, -0.25) is 23.3 Å². The summed E-state index contributed by atoms with van der Waals surface area (Å²) < 4.78 is 93.0. The summed E-state index contributed by atoms with van der Waals surface area (Å²) in [5, 5.41) is 23.3. The quantitative estimate of drug-likeness (QED) is 0.0401. The molecule has 1 amide bonds. The largest absolute Gasteiger partial charge is 0.493 e. The Kier molecular flexibility index (Phi) is 13.0. The van der Waals surface area contributed by atoms with Crippen molar-refractivity contribution in [3.05, 3.63) is 63.9 Å². The van der Waals surface area contributed by atoms with Crippen LogP contribution in [0.25, 0.3) is 0 Å². The topological polar surface area (TPSA) is 337 Å². The van der Waals surface area contributed by atoms with E-state index in [0.717, 1.165) is 16.7 Å². The average molecular weight is 792 g/mol. The van der Waals surface area contributed by atoms with Gasteiger partial charge < -0.3 is 27.2 Å². The van der Waals surface area contributed by atoms with E-state index in [1.165, 1.54) is 44.2 Å². The van der Waals surface area contributed by atoms with Gasteiger partial charge in [-0.2, -0.15) is 21.8 Å². The minimum atomic E-state index is -4.86. The number of amides is 1. The van der Waals surface area contributed by atoms with Gasteiger partial charge in [0.25, 0.3) is 21.6 Å². The summed E-state index contributed by atoms with van der Waals surface area (Å²) in [4.78, 5) is 31.4. The first kappa shape index (κ1) is 40.4. The lowest BCUT2D eigenvalue weighted by molar-refractivity contribution is 0.0997. The zero-order valence-electron chi connectivity index (χ0n) is 26.4.